The minimum Gasteiger partial charge on any atom is -0.391 e. The molecule has 1 unspecified atom stereocenters. The van der Waals surface area contributed by atoms with Crippen molar-refractivity contribution in [2.45, 2.75) is 18.8 Å². The van der Waals surface area contributed by atoms with Gasteiger partial charge < -0.3 is 10.1 Å². The Morgan fingerprint density at radius 1 is 1.56 bits per heavy atom. The number of hydrogen-bond acceptors (Lipinski definition) is 3. The average molecular weight is 243 g/mol. The molecule has 0 aliphatic rings. The fourth-order valence-corrected chi connectivity index (χ4v) is 2.15. The molecule has 2 N–H and O–H groups in total. The SMILES string of the molecule is C=C(NC)C(CCC=O)c1[nH]nc2ccccc12. The molecule has 1 aromatic heterocycles. The third-order valence-electron chi connectivity index (χ3n) is 3.15. The molecule has 0 aliphatic carbocycles. The van der Waals surface area contributed by atoms with E-state index in [4.69, 9.17) is 0 Å². The highest BCUT2D eigenvalue weighted by Crippen LogP contribution is 2.30. The highest BCUT2D eigenvalue weighted by molar-refractivity contribution is 5.82. The Hall–Kier alpha value is -2.10. The number of fused-ring (bicyclic) bond motifs is 1. The van der Waals surface area contributed by atoms with Gasteiger partial charge >= 0.3 is 0 Å². The van der Waals surface area contributed by atoms with Gasteiger partial charge in [0.25, 0.3) is 0 Å². The highest BCUT2D eigenvalue weighted by atomic mass is 16.1. The first-order chi connectivity index (χ1) is 8.77. The molecule has 2 rings (SSSR count). The largest absolute Gasteiger partial charge is 0.391 e. The predicted molar refractivity (Wildman–Crippen MR) is 72.3 cm³/mol. The lowest BCUT2D eigenvalue weighted by Gasteiger charge is -2.17. The van der Waals surface area contributed by atoms with E-state index in [0.717, 1.165) is 35.0 Å². The van der Waals surface area contributed by atoms with Gasteiger partial charge in [0.15, 0.2) is 0 Å². The number of para-hydroxylation sites is 1. The minimum absolute atomic E-state index is 0.0765. The fraction of sp³-hybridized carbons (Fsp3) is 0.286. The summed E-state index contributed by atoms with van der Waals surface area (Å²) in [5.74, 6) is 0.0765. The lowest BCUT2D eigenvalue weighted by Crippen LogP contribution is -2.14. The summed E-state index contributed by atoms with van der Waals surface area (Å²) in [6.07, 6.45) is 2.18. The number of rotatable bonds is 6. The summed E-state index contributed by atoms with van der Waals surface area (Å²) in [5, 5.41) is 11.5. The average Bonchev–Trinajstić information content (AvgIpc) is 2.83. The molecule has 18 heavy (non-hydrogen) atoms. The number of nitrogens with one attached hydrogen (secondary N) is 2. The topological polar surface area (TPSA) is 57.8 Å². The van der Waals surface area contributed by atoms with Crippen LogP contribution in [-0.4, -0.2) is 23.5 Å². The van der Waals surface area contributed by atoms with Crippen LogP contribution in [0.5, 0.6) is 0 Å². The molecule has 94 valence electrons. The summed E-state index contributed by atoms with van der Waals surface area (Å²) < 4.78 is 0. The van der Waals surface area contributed by atoms with E-state index in [-0.39, 0.29) is 5.92 Å². The second-order valence-electron chi connectivity index (χ2n) is 4.23. The number of benzene rings is 1. The lowest BCUT2D eigenvalue weighted by atomic mass is 9.94. The van der Waals surface area contributed by atoms with E-state index in [1.807, 2.05) is 31.3 Å². The lowest BCUT2D eigenvalue weighted by molar-refractivity contribution is -0.107. The smallest absolute Gasteiger partial charge is 0.120 e. The van der Waals surface area contributed by atoms with Crippen LogP contribution < -0.4 is 5.32 Å². The maximum absolute atomic E-state index is 10.6. The van der Waals surface area contributed by atoms with E-state index in [2.05, 4.69) is 22.1 Å². The van der Waals surface area contributed by atoms with Crippen LogP contribution in [0.15, 0.2) is 36.5 Å². The molecule has 1 atom stereocenters. The molecular formula is C14H17N3O. The van der Waals surface area contributed by atoms with E-state index in [9.17, 15) is 4.79 Å². The molecule has 0 aliphatic heterocycles. The molecule has 0 bridgehead atoms. The number of hydrogen-bond donors (Lipinski definition) is 2. The molecule has 0 spiro atoms. The van der Waals surface area contributed by atoms with Crippen molar-refractivity contribution < 1.29 is 4.79 Å². The van der Waals surface area contributed by atoms with Gasteiger partial charge in [0.2, 0.25) is 0 Å². The van der Waals surface area contributed by atoms with Crippen molar-refractivity contribution in [3.05, 3.63) is 42.2 Å². The number of aromatic nitrogens is 2. The van der Waals surface area contributed by atoms with Crippen molar-refractivity contribution in [2.24, 2.45) is 0 Å². The van der Waals surface area contributed by atoms with Crippen LogP contribution in [0, 0.1) is 0 Å². The van der Waals surface area contributed by atoms with E-state index in [0.29, 0.717) is 6.42 Å². The zero-order valence-electron chi connectivity index (χ0n) is 10.4. The summed E-state index contributed by atoms with van der Waals surface area (Å²) in [5.41, 5.74) is 2.85. The molecule has 4 heteroatoms. The Morgan fingerprint density at radius 2 is 2.33 bits per heavy atom. The van der Waals surface area contributed by atoms with Crippen molar-refractivity contribution in [3.8, 4) is 0 Å². The molecule has 0 saturated heterocycles. The van der Waals surface area contributed by atoms with Gasteiger partial charge in [-0.05, 0) is 12.5 Å². The number of aldehydes is 1. The normalized spacial score (nSPS) is 12.3. The number of allylic oxidation sites excluding steroid dienone is 1. The van der Waals surface area contributed by atoms with Crippen molar-refractivity contribution in [1.29, 1.82) is 0 Å². The Morgan fingerprint density at radius 3 is 3.06 bits per heavy atom. The number of nitrogens with zero attached hydrogens (tertiary/aromatic N) is 1. The maximum Gasteiger partial charge on any atom is 0.120 e. The van der Waals surface area contributed by atoms with Crippen LogP contribution in [0.1, 0.15) is 24.5 Å². The van der Waals surface area contributed by atoms with Gasteiger partial charge in [-0.1, -0.05) is 24.8 Å². The Labute approximate surface area is 106 Å². The van der Waals surface area contributed by atoms with Crippen LogP contribution in [0.4, 0.5) is 0 Å². The number of H-pyrrole nitrogens is 1. The van der Waals surface area contributed by atoms with E-state index in [1.54, 1.807) is 0 Å². The van der Waals surface area contributed by atoms with Gasteiger partial charge in [0.05, 0.1) is 11.2 Å². The van der Waals surface area contributed by atoms with Gasteiger partial charge in [0, 0.05) is 30.5 Å². The van der Waals surface area contributed by atoms with Crippen LogP contribution >= 0.6 is 0 Å². The summed E-state index contributed by atoms with van der Waals surface area (Å²) >= 11 is 0. The zero-order valence-corrected chi connectivity index (χ0v) is 10.4. The Bertz CT molecular complexity index is 559. The van der Waals surface area contributed by atoms with Crippen LogP contribution in [-0.2, 0) is 4.79 Å². The van der Waals surface area contributed by atoms with Crippen molar-refractivity contribution in [3.63, 3.8) is 0 Å². The molecule has 1 aromatic carbocycles. The molecule has 2 aromatic rings. The number of carbonyl (C=O) groups excluding carboxylic acids is 1. The van der Waals surface area contributed by atoms with Crippen molar-refractivity contribution in [2.75, 3.05) is 7.05 Å². The van der Waals surface area contributed by atoms with E-state index < -0.39 is 0 Å². The van der Waals surface area contributed by atoms with Crippen molar-refractivity contribution >= 4 is 17.2 Å². The van der Waals surface area contributed by atoms with Crippen LogP contribution in [0.2, 0.25) is 0 Å². The van der Waals surface area contributed by atoms with Gasteiger partial charge in [-0.25, -0.2) is 0 Å². The minimum atomic E-state index is 0.0765. The number of aromatic amines is 1. The third kappa shape index (κ3) is 2.27. The van der Waals surface area contributed by atoms with Gasteiger partial charge in [-0.3, -0.25) is 5.10 Å². The van der Waals surface area contributed by atoms with Crippen LogP contribution in [0.3, 0.4) is 0 Å². The summed E-state index contributed by atoms with van der Waals surface area (Å²) in [4.78, 5) is 10.6. The predicted octanol–water partition coefficient (Wildman–Crippen LogP) is 2.36. The van der Waals surface area contributed by atoms with Crippen molar-refractivity contribution in [1.82, 2.24) is 15.5 Å². The van der Waals surface area contributed by atoms with Gasteiger partial charge in [-0.2, -0.15) is 5.10 Å². The zero-order chi connectivity index (χ0) is 13.0. The molecule has 4 nitrogen and oxygen atoms in total. The standard InChI is InChI=1S/C14H17N3O/c1-10(15-2)11(7-5-9-18)14-12-6-3-4-8-13(12)16-17-14/h3-4,6,8-9,11,15H,1,5,7H2,2H3,(H,16,17). The summed E-state index contributed by atoms with van der Waals surface area (Å²) in [6, 6.07) is 7.94. The molecule has 1 heterocycles. The van der Waals surface area contributed by atoms with E-state index >= 15 is 0 Å². The maximum atomic E-state index is 10.6. The molecule has 0 fully saturated rings. The Balaban J connectivity index is 2.40. The van der Waals surface area contributed by atoms with Gasteiger partial charge in [-0.15, -0.1) is 0 Å². The first-order valence-electron chi connectivity index (χ1n) is 6.01. The molecule has 0 radical (unpaired) electrons. The van der Waals surface area contributed by atoms with Gasteiger partial charge in [0.1, 0.15) is 6.29 Å². The summed E-state index contributed by atoms with van der Waals surface area (Å²) in [7, 11) is 1.84. The summed E-state index contributed by atoms with van der Waals surface area (Å²) in [6.45, 7) is 4.01. The number of likely N-dealkylation sites (N-methyl/N-ethyl adjacent to an activating group) is 1. The first kappa shape index (κ1) is 12.4. The molecular weight excluding hydrogens is 226 g/mol. The van der Waals surface area contributed by atoms with Crippen LogP contribution in [0.25, 0.3) is 10.9 Å². The van der Waals surface area contributed by atoms with E-state index in [1.165, 1.54) is 0 Å². The molecule has 0 amide bonds. The monoisotopic (exact) mass is 243 g/mol. The first-order valence-corrected chi connectivity index (χ1v) is 6.01. The highest BCUT2D eigenvalue weighted by Gasteiger charge is 2.18. The second-order valence-corrected chi connectivity index (χ2v) is 4.23. The Kier molecular flexibility index (Phi) is 3.77. The number of carbonyl (C=O) groups is 1. The quantitative estimate of drug-likeness (QED) is 0.766. The fourth-order valence-electron chi connectivity index (χ4n) is 2.15. The second kappa shape index (κ2) is 5.49. The molecule has 0 saturated carbocycles. The third-order valence-corrected chi connectivity index (χ3v) is 3.15.